The monoisotopic (exact) mass is 182 g/mol. The second-order valence-electron chi connectivity index (χ2n) is 2.62. The molecule has 0 saturated heterocycles. The van der Waals surface area contributed by atoms with Crippen molar-refractivity contribution < 1.29 is 23.8 Å². The van der Waals surface area contributed by atoms with Gasteiger partial charge in [-0.25, -0.2) is 4.79 Å². The number of hydrogen-bond donors (Lipinski definition) is 2. The van der Waals surface area contributed by atoms with E-state index in [-0.39, 0.29) is 12.8 Å². The van der Waals surface area contributed by atoms with Gasteiger partial charge in [-0.3, -0.25) is 0 Å². The Kier molecular flexibility index (Phi) is 3.15. The summed E-state index contributed by atoms with van der Waals surface area (Å²) in [7, 11) is 0. The van der Waals surface area contributed by atoms with Crippen LogP contribution < -0.4 is 0 Å². The molecule has 0 radical (unpaired) electrons. The van der Waals surface area contributed by atoms with Gasteiger partial charge in [0.15, 0.2) is 0 Å². The molecule has 0 unspecified atom stereocenters. The van der Waals surface area contributed by atoms with Gasteiger partial charge in [0, 0.05) is 0 Å². The fraction of sp³-hybridized carbons (Fsp3) is 0.857. The van der Waals surface area contributed by atoms with Crippen molar-refractivity contribution in [3.05, 3.63) is 0 Å². The Balaban J connectivity index is 4.83. The van der Waals surface area contributed by atoms with E-state index in [4.69, 9.17) is 5.11 Å². The van der Waals surface area contributed by atoms with Crippen molar-refractivity contribution in [1.82, 2.24) is 0 Å². The SMILES string of the molecule is CCC(O)(CC)C(F)(F)C(=O)O. The van der Waals surface area contributed by atoms with E-state index in [1.165, 1.54) is 13.8 Å². The summed E-state index contributed by atoms with van der Waals surface area (Å²) in [6, 6.07) is 0. The lowest BCUT2D eigenvalue weighted by Crippen LogP contribution is -2.52. The Morgan fingerprint density at radius 2 is 1.67 bits per heavy atom. The zero-order valence-corrected chi connectivity index (χ0v) is 6.97. The van der Waals surface area contributed by atoms with E-state index >= 15 is 0 Å². The van der Waals surface area contributed by atoms with Crippen LogP contribution in [0.1, 0.15) is 26.7 Å². The van der Waals surface area contributed by atoms with Gasteiger partial charge in [0.05, 0.1) is 0 Å². The van der Waals surface area contributed by atoms with Gasteiger partial charge < -0.3 is 10.2 Å². The lowest BCUT2D eigenvalue weighted by atomic mass is 9.90. The highest BCUT2D eigenvalue weighted by Gasteiger charge is 2.56. The number of halogens is 2. The summed E-state index contributed by atoms with van der Waals surface area (Å²) in [6.07, 6.45) is -0.578. The van der Waals surface area contributed by atoms with Gasteiger partial charge in [-0.05, 0) is 12.8 Å². The number of carboxylic acid groups (broad SMARTS) is 1. The van der Waals surface area contributed by atoms with Gasteiger partial charge in [0.25, 0.3) is 0 Å². The van der Waals surface area contributed by atoms with Gasteiger partial charge in [-0.2, -0.15) is 8.78 Å². The molecule has 5 heteroatoms. The first-order valence-corrected chi connectivity index (χ1v) is 3.65. The molecule has 3 nitrogen and oxygen atoms in total. The first-order valence-electron chi connectivity index (χ1n) is 3.65. The molecule has 0 fully saturated rings. The molecule has 0 aliphatic rings. The van der Waals surface area contributed by atoms with Crippen LogP contribution in [0.3, 0.4) is 0 Å². The van der Waals surface area contributed by atoms with E-state index in [1.807, 2.05) is 0 Å². The number of alkyl halides is 2. The molecule has 0 heterocycles. The van der Waals surface area contributed by atoms with Gasteiger partial charge >= 0.3 is 11.9 Å². The van der Waals surface area contributed by atoms with Gasteiger partial charge in [0.2, 0.25) is 0 Å². The van der Waals surface area contributed by atoms with Crippen molar-refractivity contribution in [3.63, 3.8) is 0 Å². The third kappa shape index (κ3) is 1.55. The second kappa shape index (κ2) is 3.35. The smallest absolute Gasteiger partial charge is 0.377 e. The predicted octanol–water partition coefficient (Wildman–Crippen LogP) is 1.26. The highest BCUT2D eigenvalue weighted by molar-refractivity contribution is 5.77. The molecule has 0 spiro atoms. The minimum Gasteiger partial charge on any atom is -0.477 e. The summed E-state index contributed by atoms with van der Waals surface area (Å²) < 4.78 is 25.5. The zero-order valence-electron chi connectivity index (χ0n) is 6.97. The Morgan fingerprint density at radius 1 is 1.33 bits per heavy atom. The molecule has 12 heavy (non-hydrogen) atoms. The molecular weight excluding hydrogens is 170 g/mol. The number of aliphatic carboxylic acids is 1. The zero-order chi connectivity index (χ0) is 9.99. The molecule has 0 aliphatic heterocycles. The van der Waals surface area contributed by atoms with E-state index in [1.54, 1.807) is 0 Å². The Hall–Kier alpha value is -0.710. The molecule has 0 aliphatic carbocycles. The maximum absolute atomic E-state index is 12.7. The minimum atomic E-state index is -4.07. The maximum atomic E-state index is 12.7. The van der Waals surface area contributed by atoms with Crippen LogP contribution in [0.4, 0.5) is 8.78 Å². The van der Waals surface area contributed by atoms with Crippen LogP contribution in [0.25, 0.3) is 0 Å². The average molecular weight is 182 g/mol. The molecule has 72 valence electrons. The van der Waals surface area contributed by atoms with E-state index < -0.39 is 17.5 Å². The van der Waals surface area contributed by atoms with Crippen LogP contribution in [0, 0.1) is 0 Å². The average Bonchev–Trinajstić information content (AvgIpc) is 2.02. The summed E-state index contributed by atoms with van der Waals surface area (Å²) in [5, 5.41) is 17.3. The lowest BCUT2D eigenvalue weighted by Gasteiger charge is -2.30. The Labute approximate surface area is 69.0 Å². The Bertz CT molecular complexity index is 175. The number of rotatable bonds is 4. The standard InChI is InChI=1S/C7H12F2O3/c1-3-6(12,4-2)7(8,9)5(10)11/h12H,3-4H2,1-2H3,(H,10,11). The molecule has 0 aromatic carbocycles. The third-order valence-electron chi connectivity index (χ3n) is 2.02. The van der Waals surface area contributed by atoms with E-state index in [9.17, 15) is 18.7 Å². The number of hydrogen-bond acceptors (Lipinski definition) is 2. The molecule has 0 atom stereocenters. The van der Waals surface area contributed by atoms with Gasteiger partial charge in [-0.1, -0.05) is 13.8 Å². The second-order valence-corrected chi connectivity index (χ2v) is 2.62. The van der Waals surface area contributed by atoms with Crippen molar-refractivity contribution in [2.24, 2.45) is 0 Å². The van der Waals surface area contributed by atoms with Crippen LogP contribution in [0.15, 0.2) is 0 Å². The van der Waals surface area contributed by atoms with Crippen LogP contribution in [-0.2, 0) is 4.79 Å². The summed E-state index contributed by atoms with van der Waals surface area (Å²) in [6.45, 7) is 2.64. The first kappa shape index (κ1) is 11.3. The van der Waals surface area contributed by atoms with Crippen molar-refractivity contribution in [3.8, 4) is 0 Å². The number of aliphatic hydroxyl groups is 1. The predicted molar refractivity (Wildman–Crippen MR) is 38.1 cm³/mol. The molecule has 0 rings (SSSR count). The van der Waals surface area contributed by atoms with Crippen LogP contribution in [0.5, 0.6) is 0 Å². The van der Waals surface area contributed by atoms with Crippen molar-refractivity contribution in [2.75, 3.05) is 0 Å². The maximum Gasteiger partial charge on any atom is 0.377 e. The fourth-order valence-corrected chi connectivity index (χ4v) is 0.893. The van der Waals surface area contributed by atoms with Crippen molar-refractivity contribution in [1.29, 1.82) is 0 Å². The lowest BCUT2D eigenvalue weighted by molar-refractivity contribution is -0.210. The molecule has 0 saturated carbocycles. The number of carbonyl (C=O) groups is 1. The third-order valence-corrected chi connectivity index (χ3v) is 2.02. The molecule has 0 bridgehead atoms. The van der Waals surface area contributed by atoms with Crippen LogP contribution in [-0.4, -0.2) is 27.7 Å². The molecule has 0 aromatic rings. The molecule has 2 N–H and O–H groups in total. The first-order chi connectivity index (χ1) is 5.31. The van der Waals surface area contributed by atoms with Crippen LogP contribution >= 0.6 is 0 Å². The summed E-state index contributed by atoms with van der Waals surface area (Å²) in [5.41, 5.74) is -2.43. The van der Waals surface area contributed by atoms with Crippen LogP contribution in [0.2, 0.25) is 0 Å². The highest BCUT2D eigenvalue weighted by atomic mass is 19.3. The van der Waals surface area contributed by atoms with E-state index in [0.29, 0.717) is 0 Å². The molecular formula is C7H12F2O3. The molecule has 0 aromatic heterocycles. The van der Waals surface area contributed by atoms with E-state index in [0.717, 1.165) is 0 Å². The normalized spacial score (nSPS) is 13.1. The highest BCUT2D eigenvalue weighted by Crippen LogP contribution is 2.34. The summed E-state index contributed by atoms with van der Waals surface area (Å²) in [5.74, 6) is -6.36. The summed E-state index contributed by atoms with van der Waals surface area (Å²) in [4.78, 5) is 10.1. The largest absolute Gasteiger partial charge is 0.477 e. The number of carboxylic acids is 1. The fourth-order valence-electron chi connectivity index (χ4n) is 0.893. The quantitative estimate of drug-likeness (QED) is 0.688. The van der Waals surface area contributed by atoms with Crippen molar-refractivity contribution in [2.45, 2.75) is 38.2 Å². The summed E-state index contributed by atoms with van der Waals surface area (Å²) >= 11 is 0. The van der Waals surface area contributed by atoms with E-state index in [2.05, 4.69) is 0 Å². The minimum absolute atomic E-state index is 0.289. The van der Waals surface area contributed by atoms with Gasteiger partial charge in [-0.15, -0.1) is 0 Å². The topological polar surface area (TPSA) is 57.5 Å². The Morgan fingerprint density at radius 3 is 1.75 bits per heavy atom. The van der Waals surface area contributed by atoms with Crippen molar-refractivity contribution >= 4 is 5.97 Å². The molecule has 0 amide bonds. The van der Waals surface area contributed by atoms with Gasteiger partial charge in [0.1, 0.15) is 5.60 Å².